The Morgan fingerprint density at radius 3 is 2.06 bits per heavy atom. The molecule has 2 atom stereocenters. The predicted molar refractivity (Wildman–Crippen MR) is 68.0 cm³/mol. The highest BCUT2D eigenvalue weighted by atomic mass is 16.7. The van der Waals surface area contributed by atoms with Gasteiger partial charge < -0.3 is 9.31 Å². The third kappa shape index (κ3) is 2.40. The van der Waals surface area contributed by atoms with E-state index in [4.69, 9.17) is 9.31 Å². The van der Waals surface area contributed by atoms with E-state index in [1.54, 1.807) is 6.20 Å². The summed E-state index contributed by atoms with van der Waals surface area (Å²) in [4.78, 5) is 0. The van der Waals surface area contributed by atoms with Gasteiger partial charge in [0.25, 0.3) is 0 Å². The van der Waals surface area contributed by atoms with Crippen molar-refractivity contribution in [2.75, 3.05) is 0 Å². The Kier molecular flexibility index (Phi) is 3.59. The Labute approximate surface area is 103 Å². The average Bonchev–Trinajstić information content (AvgIpc) is 2.82. The van der Waals surface area contributed by atoms with E-state index in [1.165, 1.54) is 0 Å². The largest absolute Gasteiger partial charge is 0.513 e. The van der Waals surface area contributed by atoms with Gasteiger partial charge in [0.05, 0.1) is 17.8 Å². The van der Waals surface area contributed by atoms with Crippen molar-refractivity contribution >= 4 is 12.7 Å². The fourth-order valence-electron chi connectivity index (χ4n) is 2.30. The summed E-state index contributed by atoms with van der Waals surface area (Å²) in [6.07, 6.45) is 2.10. The Morgan fingerprint density at radius 2 is 1.71 bits per heavy atom. The normalized spacial score (nSPS) is 25.2. The van der Waals surface area contributed by atoms with Gasteiger partial charge in [-0.15, -0.1) is 0 Å². The summed E-state index contributed by atoms with van der Waals surface area (Å²) in [5.41, 5.74) is 0.985. The molecule has 0 saturated carbocycles. The molecule has 4 nitrogen and oxygen atoms in total. The quantitative estimate of drug-likeness (QED) is 0.740. The highest BCUT2D eigenvalue weighted by Crippen LogP contribution is 2.27. The molecule has 0 radical (unpaired) electrons. The monoisotopic (exact) mass is 236 g/mol. The van der Waals surface area contributed by atoms with Crippen molar-refractivity contribution in [2.24, 2.45) is 18.9 Å². The second kappa shape index (κ2) is 4.82. The third-order valence-electron chi connectivity index (χ3n) is 3.30. The minimum Gasteiger partial charge on any atom is -0.401 e. The highest BCUT2D eigenvalue weighted by Gasteiger charge is 2.44. The van der Waals surface area contributed by atoms with Gasteiger partial charge in [-0.25, -0.2) is 0 Å². The molecule has 2 rings (SSSR count). The molecule has 1 fully saturated rings. The van der Waals surface area contributed by atoms with Crippen LogP contribution < -0.4 is 5.59 Å². The molecule has 2 heterocycles. The first-order valence-corrected chi connectivity index (χ1v) is 6.29. The lowest BCUT2D eigenvalue weighted by Gasteiger charge is -2.24. The fourth-order valence-corrected chi connectivity index (χ4v) is 2.30. The molecule has 1 aliphatic heterocycles. The Balaban J connectivity index is 2.17. The molecule has 1 aromatic heterocycles. The van der Waals surface area contributed by atoms with Crippen LogP contribution in [-0.4, -0.2) is 29.1 Å². The van der Waals surface area contributed by atoms with Crippen molar-refractivity contribution in [3.05, 3.63) is 12.3 Å². The number of hydrogen-bond acceptors (Lipinski definition) is 3. The molecule has 1 aromatic rings. The number of aryl methyl sites for hydroxylation is 1. The van der Waals surface area contributed by atoms with Crippen LogP contribution in [0.4, 0.5) is 0 Å². The van der Waals surface area contributed by atoms with Crippen molar-refractivity contribution in [2.45, 2.75) is 39.9 Å². The lowest BCUT2D eigenvalue weighted by Crippen LogP contribution is -2.38. The van der Waals surface area contributed by atoms with Gasteiger partial charge in [-0.2, -0.15) is 5.10 Å². The minimum atomic E-state index is -0.276. The number of hydrogen-bond donors (Lipinski definition) is 0. The van der Waals surface area contributed by atoms with Crippen LogP contribution in [-0.2, 0) is 16.4 Å². The van der Waals surface area contributed by atoms with Crippen molar-refractivity contribution in [3.63, 3.8) is 0 Å². The molecule has 2 unspecified atom stereocenters. The number of rotatable bonds is 3. The van der Waals surface area contributed by atoms with Gasteiger partial charge >= 0.3 is 7.12 Å². The van der Waals surface area contributed by atoms with Crippen LogP contribution in [0.15, 0.2) is 12.3 Å². The van der Waals surface area contributed by atoms with Crippen LogP contribution in [0.3, 0.4) is 0 Å². The summed E-state index contributed by atoms with van der Waals surface area (Å²) in [7, 11) is 1.64. The first-order valence-electron chi connectivity index (χ1n) is 6.29. The smallest absolute Gasteiger partial charge is 0.401 e. The van der Waals surface area contributed by atoms with E-state index in [9.17, 15) is 0 Å². The van der Waals surface area contributed by atoms with Crippen molar-refractivity contribution in [1.82, 2.24) is 9.78 Å². The summed E-state index contributed by atoms with van der Waals surface area (Å²) < 4.78 is 13.9. The summed E-state index contributed by atoms with van der Waals surface area (Å²) in [6.45, 7) is 8.70. The molecule has 0 bridgehead atoms. The molecular formula is C12H21BN2O2. The van der Waals surface area contributed by atoms with Crippen molar-refractivity contribution < 1.29 is 9.31 Å². The number of nitrogens with zero attached hydrogens (tertiary/aromatic N) is 2. The maximum Gasteiger partial charge on any atom is 0.513 e. The van der Waals surface area contributed by atoms with Gasteiger partial charge in [0.2, 0.25) is 0 Å². The van der Waals surface area contributed by atoms with Crippen LogP contribution in [0, 0.1) is 11.8 Å². The van der Waals surface area contributed by atoms with Crippen molar-refractivity contribution in [3.8, 4) is 0 Å². The van der Waals surface area contributed by atoms with Crippen LogP contribution in [0.2, 0.25) is 0 Å². The number of aromatic nitrogens is 2. The standard InChI is InChI=1S/C12H21BN2O2/c1-8(2)11-12(9(3)4)17-13(16-11)10-6-7-14-15(10)5/h6-9,11-12H,1-5H3. The zero-order valence-electron chi connectivity index (χ0n) is 11.3. The fraction of sp³-hybridized carbons (Fsp3) is 0.750. The summed E-state index contributed by atoms with van der Waals surface area (Å²) >= 11 is 0. The average molecular weight is 236 g/mol. The molecule has 1 aliphatic rings. The van der Waals surface area contributed by atoms with Crippen LogP contribution in [0.25, 0.3) is 0 Å². The zero-order valence-corrected chi connectivity index (χ0v) is 11.3. The molecule has 0 N–H and O–H groups in total. The Morgan fingerprint density at radius 1 is 1.18 bits per heavy atom. The van der Waals surface area contributed by atoms with Gasteiger partial charge in [0.1, 0.15) is 0 Å². The summed E-state index contributed by atoms with van der Waals surface area (Å²) in [5, 5.41) is 4.16. The topological polar surface area (TPSA) is 36.3 Å². The van der Waals surface area contributed by atoms with Gasteiger partial charge in [-0.05, 0) is 17.9 Å². The van der Waals surface area contributed by atoms with Crippen LogP contribution >= 0.6 is 0 Å². The lowest BCUT2D eigenvalue weighted by molar-refractivity contribution is 0.0815. The van der Waals surface area contributed by atoms with Crippen LogP contribution in [0.5, 0.6) is 0 Å². The second-order valence-electron chi connectivity index (χ2n) is 5.40. The minimum absolute atomic E-state index is 0.162. The summed E-state index contributed by atoms with van der Waals surface area (Å²) in [6, 6.07) is 1.95. The molecule has 0 amide bonds. The Hall–Kier alpha value is -0.805. The van der Waals surface area contributed by atoms with Gasteiger partial charge in [0.15, 0.2) is 0 Å². The van der Waals surface area contributed by atoms with E-state index in [-0.39, 0.29) is 19.3 Å². The van der Waals surface area contributed by atoms with Gasteiger partial charge in [-0.3, -0.25) is 4.68 Å². The van der Waals surface area contributed by atoms with Gasteiger partial charge in [-0.1, -0.05) is 27.7 Å². The lowest BCUT2D eigenvalue weighted by atomic mass is 9.85. The molecule has 0 spiro atoms. The molecule has 17 heavy (non-hydrogen) atoms. The maximum atomic E-state index is 6.04. The van der Waals surface area contributed by atoms with E-state index in [0.717, 1.165) is 5.59 Å². The van der Waals surface area contributed by atoms with Gasteiger partial charge in [0, 0.05) is 13.2 Å². The Bertz CT molecular complexity index is 362. The van der Waals surface area contributed by atoms with E-state index in [2.05, 4.69) is 32.8 Å². The second-order valence-corrected chi connectivity index (χ2v) is 5.40. The predicted octanol–water partition coefficient (Wildman–Crippen LogP) is 1.21. The summed E-state index contributed by atoms with van der Waals surface area (Å²) in [5.74, 6) is 0.918. The van der Waals surface area contributed by atoms with E-state index >= 15 is 0 Å². The first-order chi connectivity index (χ1) is 8.00. The van der Waals surface area contributed by atoms with E-state index in [0.29, 0.717) is 11.8 Å². The SMILES string of the molecule is CC(C)C1OB(c2ccnn2C)OC1C(C)C. The molecule has 5 heteroatoms. The van der Waals surface area contributed by atoms with Crippen LogP contribution in [0.1, 0.15) is 27.7 Å². The molecule has 0 aliphatic carbocycles. The van der Waals surface area contributed by atoms with E-state index < -0.39 is 0 Å². The third-order valence-corrected chi connectivity index (χ3v) is 3.30. The van der Waals surface area contributed by atoms with Crippen molar-refractivity contribution in [1.29, 1.82) is 0 Å². The first kappa shape index (κ1) is 12.6. The maximum absolute atomic E-state index is 6.04. The van der Waals surface area contributed by atoms with E-state index in [1.807, 2.05) is 17.8 Å². The highest BCUT2D eigenvalue weighted by molar-refractivity contribution is 6.61. The zero-order chi connectivity index (χ0) is 12.6. The molecule has 0 aromatic carbocycles. The molecule has 94 valence electrons. The molecule has 1 saturated heterocycles. The molecular weight excluding hydrogens is 215 g/mol.